The average molecular weight is 413 g/mol. The minimum absolute atomic E-state index is 0.104. The van der Waals surface area contributed by atoms with Crippen LogP contribution in [0.3, 0.4) is 0 Å². The van der Waals surface area contributed by atoms with Crippen LogP contribution in [0.15, 0.2) is 42.0 Å². The molecular weight excluding hydrogens is 384 g/mol. The van der Waals surface area contributed by atoms with Gasteiger partial charge in [-0.1, -0.05) is 25.0 Å². The molecule has 0 radical (unpaired) electrons. The summed E-state index contributed by atoms with van der Waals surface area (Å²) in [7, 11) is 0. The molecule has 1 saturated heterocycles. The highest BCUT2D eigenvalue weighted by Crippen LogP contribution is 2.31. The maximum Gasteiger partial charge on any atom is 0.264 e. The number of carbonyl (C=O) groups is 2. The van der Waals surface area contributed by atoms with Crippen molar-refractivity contribution in [2.45, 2.75) is 38.3 Å². The summed E-state index contributed by atoms with van der Waals surface area (Å²) >= 11 is 1.49. The molecule has 0 spiro atoms. The summed E-state index contributed by atoms with van der Waals surface area (Å²) in [5, 5.41) is 5.07. The number of aromatic nitrogens is 1. The number of thiophene rings is 1. The van der Waals surface area contributed by atoms with E-state index in [0.717, 1.165) is 36.4 Å². The van der Waals surface area contributed by atoms with Crippen LogP contribution in [0.25, 0.3) is 0 Å². The molecule has 2 aromatic rings. The predicted molar refractivity (Wildman–Crippen MR) is 114 cm³/mol. The molecule has 1 aliphatic carbocycles. The molecule has 29 heavy (non-hydrogen) atoms. The van der Waals surface area contributed by atoms with Crippen LogP contribution in [-0.2, 0) is 11.3 Å². The van der Waals surface area contributed by atoms with Gasteiger partial charge in [-0.25, -0.2) is 0 Å². The predicted octanol–water partition coefficient (Wildman–Crippen LogP) is 2.78. The summed E-state index contributed by atoms with van der Waals surface area (Å²) in [5.74, 6) is 0.625. The molecule has 1 aliphatic heterocycles. The Balaban J connectivity index is 1.38. The number of piperazine rings is 1. The monoisotopic (exact) mass is 412 g/mol. The Hall–Kier alpha value is -2.25. The van der Waals surface area contributed by atoms with Crippen molar-refractivity contribution in [2.75, 3.05) is 26.2 Å². The fraction of sp³-hybridized carbons (Fsp3) is 0.500. The Labute approximate surface area is 175 Å². The van der Waals surface area contributed by atoms with E-state index >= 15 is 0 Å². The quantitative estimate of drug-likeness (QED) is 0.792. The summed E-state index contributed by atoms with van der Waals surface area (Å²) in [6, 6.07) is 7.56. The number of hydrogen-bond donors (Lipinski definition) is 1. The van der Waals surface area contributed by atoms with Crippen LogP contribution in [0.1, 0.15) is 40.9 Å². The summed E-state index contributed by atoms with van der Waals surface area (Å²) in [4.78, 5) is 34.9. The van der Waals surface area contributed by atoms with Crippen LogP contribution in [0.5, 0.6) is 0 Å². The SMILES string of the molecule is O=C(NCc1cccnc1)C(C1CCCC1)N1CCN(C(=O)c2cccs2)CC1. The molecule has 2 amide bonds. The Kier molecular flexibility index (Phi) is 6.56. The second-order valence-corrected chi connectivity index (χ2v) is 8.82. The lowest BCUT2D eigenvalue weighted by molar-refractivity contribution is -0.129. The molecule has 2 aliphatic rings. The molecule has 1 unspecified atom stereocenters. The second kappa shape index (κ2) is 9.50. The molecule has 1 N–H and O–H groups in total. The van der Waals surface area contributed by atoms with Gasteiger partial charge in [-0.05, 0) is 41.8 Å². The minimum atomic E-state index is -0.104. The zero-order chi connectivity index (χ0) is 20.1. The lowest BCUT2D eigenvalue weighted by atomic mass is 9.95. The molecule has 0 aromatic carbocycles. The molecule has 1 atom stereocenters. The first-order valence-corrected chi connectivity index (χ1v) is 11.3. The van der Waals surface area contributed by atoms with Gasteiger partial charge in [0.05, 0.1) is 10.9 Å². The molecule has 6 nitrogen and oxygen atoms in total. The van der Waals surface area contributed by atoms with E-state index in [9.17, 15) is 9.59 Å². The van der Waals surface area contributed by atoms with E-state index in [0.29, 0.717) is 25.6 Å². The standard InChI is InChI=1S/C22H28N4O2S/c27-21(24-16-17-5-3-9-23-15-17)20(18-6-1-2-7-18)25-10-12-26(13-11-25)22(28)19-8-4-14-29-19/h3-5,8-9,14-15,18,20H,1-2,6-7,10-13,16H2,(H,24,27). The third-order valence-electron chi connectivity index (χ3n) is 6.03. The first-order valence-electron chi connectivity index (χ1n) is 10.5. The number of nitrogens with zero attached hydrogens (tertiary/aromatic N) is 3. The van der Waals surface area contributed by atoms with Crippen LogP contribution in [0, 0.1) is 5.92 Å². The maximum atomic E-state index is 13.2. The van der Waals surface area contributed by atoms with Crippen molar-refractivity contribution in [3.05, 3.63) is 52.5 Å². The van der Waals surface area contributed by atoms with Gasteiger partial charge >= 0.3 is 0 Å². The van der Waals surface area contributed by atoms with E-state index in [1.807, 2.05) is 34.5 Å². The van der Waals surface area contributed by atoms with Crippen molar-refractivity contribution in [1.82, 2.24) is 20.1 Å². The zero-order valence-electron chi connectivity index (χ0n) is 16.6. The second-order valence-electron chi connectivity index (χ2n) is 7.87. The van der Waals surface area contributed by atoms with Crippen molar-refractivity contribution in [3.8, 4) is 0 Å². The summed E-state index contributed by atoms with van der Waals surface area (Å²) in [6.07, 6.45) is 8.16. The van der Waals surface area contributed by atoms with Crippen molar-refractivity contribution in [1.29, 1.82) is 0 Å². The van der Waals surface area contributed by atoms with Crippen LogP contribution >= 0.6 is 11.3 Å². The van der Waals surface area contributed by atoms with Gasteiger partial charge in [-0.2, -0.15) is 0 Å². The van der Waals surface area contributed by atoms with Gasteiger partial charge in [-0.15, -0.1) is 11.3 Å². The fourth-order valence-corrected chi connectivity index (χ4v) is 5.20. The minimum Gasteiger partial charge on any atom is -0.351 e. The van der Waals surface area contributed by atoms with Gasteiger partial charge in [-0.3, -0.25) is 19.5 Å². The molecule has 4 rings (SSSR count). The smallest absolute Gasteiger partial charge is 0.264 e. The van der Waals surface area contributed by atoms with Gasteiger partial charge in [0.25, 0.3) is 5.91 Å². The van der Waals surface area contributed by atoms with Gasteiger partial charge in [0, 0.05) is 45.1 Å². The van der Waals surface area contributed by atoms with E-state index < -0.39 is 0 Å². The number of rotatable bonds is 6. The fourth-order valence-electron chi connectivity index (χ4n) is 4.51. The van der Waals surface area contributed by atoms with Crippen molar-refractivity contribution in [3.63, 3.8) is 0 Å². The molecule has 0 bridgehead atoms. The number of nitrogens with one attached hydrogen (secondary N) is 1. The molecule has 3 heterocycles. The summed E-state index contributed by atoms with van der Waals surface area (Å²) < 4.78 is 0. The van der Waals surface area contributed by atoms with Crippen molar-refractivity contribution < 1.29 is 9.59 Å². The lowest BCUT2D eigenvalue weighted by Crippen LogP contribution is -2.57. The third-order valence-corrected chi connectivity index (χ3v) is 6.89. The normalized spacial score (nSPS) is 19.2. The van der Waals surface area contributed by atoms with Gasteiger partial charge in [0.15, 0.2) is 0 Å². The highest BCUT2D eigenvalue weighted by atomic mass is 32.1. The number of pyridine rings is 1. The highest BCUT2D eigenvalue weighted by Gasteiger charge is 2.37. The first kappa shape index (κ1) is 20.0. The molecular formula is C22H28N4O2S. The summed E-state index contributed by atoms with van der Waals surface area (Å²) in [6.45, 7) is 3.36. The van der Waals surface area contributed by atoms with Crippen LogP contribution in [0.2, 0.25) is 0 Å². The first-order chi connectivity index (χ1) is 14.2. The number of carbonyl (C=O) groups excluding carboxylic acids is 2. The maximum absolute atomic E-state index is 13.2. The largest absolute Gasteiger partial charge is 0.351 e. The third kappa shape index (κ3) is 4.85. The van der Waals surface area contributed by atoms with Crippen molar-refractivity contribution >= 4 is 23.2 Å². The topological polar surface area (TPSA) is 65.5 Å². The van der Waals surface area contributed by atoms with Crippen molar-refractivity contribution in [2.24, 2.45) is 5.92 Å². The lowest BCUT2D eigenvalue weighted by Gasteiger charge is -2.40. The Bertz CT molecular complexity index is 797. The summed E-state index contributed by atoms with van der Waals surface area (Å²) in [5.41, 5.74) is 1.01. The Morgan fingerprint density at radius 1 is 1.14 bits per heavy atom. The van der Waals surface area contributed by atoms with Gasteiger partial charge < -0.3 is 10.2 Å². The van der Waals surface area contributed by atoms with Crippen LogP contribution < -0.4 is 5.32 Å². The van der Waals surface area contributed by atoms with E-state index in [2.05, 4.69) is 15.2 Å². The van der Waals surface area contributed by atoms with Gasteiger partial charge in [0.1, 0.15) is 0 Å². The number of hydrogen-bond acceptors (Lipinski definition) is 5. The Morgan fingerprint density at radius 3 is 2.59 bits per heavy atom. The van der Waals surface area contributed by atoms with E-state index in [1.165, 1.54) is 24.2 Å². The number of amides is 2. The van der Waals surface area contributed by atoms with E-state index in [-0.39, 0.29) is 17.9 Å². The van der Waals surface area contributed by atoms with Crippen LogP contribution in [-0.4, -0.2) is 58.8 Å². The molecule has 7 heteroatoms. The average Bonchev–Trinajstić information content (AvgIpc) is 3.48. The molecule has 2 fully saturated rings. The highest BCUT2D eigenvalue weighted by molar-refractivity contribution is 7.12. The van der Waals surface area contributed by atoms with Crippen LogP contribution in [0.4, 0.5) is 0 Å². The van der Waals surface area contributed by atoms with E-state index in [4.69, 9.17) is 0 Å². The molecule has 154 valence electrons. The molecule has 1 saturated carbocycles. The zero-order valence-corrected chi connectivity index (χ0v) is 17.4. The Morgan fingerprint density at radius 2 is 1.93 bits per heavy atom. The van der Waals surface area contributed by atoms with Gasteiger partial charge in [0.2, 0.25) is 5.91 Å². The molecule has 2 aromatic heterocycles. The van der Waals surface area contributed by atoms with E-state index in [1.54, 1.807) is 12.4 Å².